The molecule has 0 bridgehead atoms. The molecule has 3 amide bonds. The van der Waals surface area contributed by atoms with Gasteiger partial charge in [0.1, 0.15) is 18.7 Å². The third-order valence-corrected chi connectivity index (χ3v) is 3.31. The second kappa shape index (κ2) is 10.7. The molecule has 0 radical (unpaired) electrons. The molecular formula is C16H21N3O7. The molecule has 6 N–H and O–H groups in total. The minimum absolute atomic E-state index is 0.0328. The summed E-state index contributed by atoms with van der Waals surface area (Å²) < 4.78 is 4.93. The summed E-state index contributed by atoms with van der Waals surface area (Å²) in [7, 11) is 0. The highest BCUT2D eigenvalue weighted by Gasteiger charge is 2.26. The van der Waals surface area contributed by atoms with Crippen molar-refractivity contribution < 1.29 is 34.1 Å². The van der Waals surface area contributed by atoms with E-state index in [1.165, 1.54) is 0 Å². The molecule has 0 saturated heterocycles. The quantitative estimate of drug-likeness (QED) is 0.357. The van der Waals surface area contributed by atoms with E-state index in [0.29, 0.717) is 0 Å². The van der Waals surface area contributed by atoms with Crippen LogP contribution in [-0.4, -0.2) is 52.8 Å². The molecule has 0 aliphatic carbocycles. The number of hydrogen-bond acceptors (Lipinski definition) is 6. The average Bonchev–Trinajstić information content (AvgIpc) is 2.61. The predicted molar refractivity (Wildman–Crippen MR) is 88.6 cm³/mol. The van der Waals surface area contributed by atoms with Crippen LogP contribution < -0.4 is 16.4 Å². The minimum atomic E-state index is -1.38. The molecule has 0 aromatic heterocycles. The second-order valence-electron chi connectivity index (χ2n) is 5.34. The van der Waals surface area contributed by atoms with Crippen molar-refractivity contribution in [2.75, 3.05) is 6.61 Å². The van der Waals surface area contributed by atoms with E-state index < -0.39 is 42.6 Å². The highest BCUT2D eigenvalue weighted by Crippen LogP contribution is 2.01. The molecular weight excluding hydrogens is 346 g/mol. The molecule has 1 aromatic carbocycles. The van der Waals surface area contributed by atoms with Gasteiger partial charge in [0.15, 0.2) is 0 Å². The number of benzene rings is 1. The van der Waals surface area contributed by atoms with Gasteiger partial charge in [-0.25, -0.2) is 4.79 Å². The average molecular weight is 367 g/mol. The maximum absolute atomic E-state index is 12.0. The van der Waals surface area contributed by atoms with Gasteiger partial charge in [0.25, 0.3) is 0 Å². The number of rotatable bonds is 10. The van der Waals surface area contributed by atoms with Crippen LogP contribution in [0.2, 0.25) is 0 Å². The van der Waals surface area contributed by atoms with E-state index >= 15 is 0 Å². The molecule has 0 aliphatic rings. The Morgan fingerprint density at radius 2 is 1.73 bits per heavy atom. The molecule has 2 atom stereocenters. The van der Waals surface area contributed by atoms with Crippen LogP contribution in [0.4, 0.5) is 4.79 Å². The highest BCUT2D eigenvalue weighted by molar-refractivity contribution is 5.91. The normalized spacial score (nSPS) is 12.5. The molecule has 10 nitrogen and oxygen atoms in total. The van der Waals surface area contributed by atoms with Gasteiger partial charge in [-0.15, -0.1) is 0 Å². The predicted octanol–water partition coefficient (Wildman–Crippen LogP) is -0.891. The Bertz CT molecular complexity index is 636. The largest absolute Gasteiger partial charge is 0.481 e. The van der Waals surface area contributed by atoms with Gasteiger partial charge >= 0.3 is 12.1 Å². The van der Waals surface area contributed by atoms with Crippen molar-refractivity contribution in [3.05, 3.63) is 35.9 Å². The van der Waals surface area contributed by atoms with Crippen molar-refractivity contribution in [2.45, 2.75) is 31.5 Å². The Morgan fingerprint density at radius 3 is 2.27 bits per heavy atom. The minimum Gasteiger partial charge on any atom is -0.481 e. The van der Waals surface area contributed by atoms with Gasteiger partial charge in [-0.3, -0.25) is 14.4 Å². The zero-order valence-corrected chi connectivity index (χ0v) is 13.9. The van der Waals surface area contributed by atoms with Gasteiger partial charge in [-0.05, 0) is 12.0 Å². The first kappa shape index (κ1) is 20.9. The Balaban J connectivity index is 2.54. The molecule has 0 saturated carbocycles. The van der Waals surface area contributed by atoms with Crippen LogP contribution in [-0.2, 0) is 25.7 Å². The lowest BCUT2D eigenvalue weighted by Gasteiger charge is -2.20. The first-order chi connectivity index (χ1) is 12.3. The first-order valence-corrected chi connectivity index (χ1v) is 7.73. The number of primary amides is 1. The third-order valence-electron chi connectivity index (χ3n) is 3.31. The Kier molecular flexibility index (Phi) is 8.58. The van der Waals surface area contributed by atoms with E-state index in [1.54, 1.807) is 30.3 Å². The molecule has 0 spiro atoms. The number of aliphatic hydroxyl groups is 1. The molecule has 0 aliphatic heterocycles. The summed E-state index contributed by atoms with van der Waals surface area (Å²) in [6.45, 7) is -0.786. The number of carbonyl (C=O) groups is 4. The Hall–Kier alpha value is -3.14. The SMILES string of the molecule is NC(=O)[C@@H](CCC(=O)O)NC(=O)[C@H](CO)NC(=O)OCc1ccccc1. The number of amides is 3. The lowest BCUT2D eigenvalue weighted by Crippen LogP contribution is -2.54. The fraction of sp³-hybridized carbons (Fsp3) is 0.375. The van der Waals surface area contributed by atoms with Gasteiger partial charge in [-0.2, -0.15) is 0 Å². The lowest BCUT2D eigenvalue weighted by molar-refractivity contribution is -0.138. The standard InChI is InChI=1S/C16H21N3O7/c17-14(23)11(6-7-13(21)22)18-15(24)12(8-20)19-16(25)26-9-10-4-2-1-3-5-10/h1-5,11-12,20H,6-9H2,(H2,17,23)(H,18,24)(H,19,25)(H,21,22)/t11-,12+/m1/s1. The van der Waals surface area contributed by atoms with Gasteiger partial charge in [-0.1, -0.05) is 30.3 Å². The summed E-state index contributed by atoms with van der Waals surface area (Å²) in [5, 5.41) is 22.2. The van der Waals surface area contributed by atoms with Crippen LogP contribution in [0.3, 0.4) is 0 Å². The number of aliphatic carboxylic acids is 1. The molecule has 10 heteroatoms. The smallest absolute Gasteiger partial charge is 0.408 e. The molecule has 0 unspecified atom stereocenters. The van der Waals surface area contributed by atoms with Gasteiger partial charge in [0.05, 0.1) is 6.61 Å². The van der Waals surface area contributed by atoms with E-state index in [1.807, 2.05) is 0 Å². The maximum atomic E-state index is 12.0. The fourth-order valence-electron chi connectivity index (χ4n) is 1.93. The molecule has 0 heterocycles. The van der Waals surface area contributed by atoms with Gasteiger partial charge in [0, 0.05) is 6.42 Å². The maximum Gasteiger partial charge on any atom is 0.408 e. The first-order valence-electron chi connectivity index (χ1n) is 7.73. The summed E-state index contributed by atoms with van der Waals surface area (Å²) in [6, 6.07) is 6.19. The Labute approximate surface area is 149 Å². The molecule has 142 valence electrons. The van der Waals surface area contributed by atoms with E-state index in [2.05, 4.69) is 10.6 Å². The van der Waals surface area contributed by atoms with Gasteiger partial charge < -0.3 is 31.3 Å². The summed E-state index contributed by atoms with van der Waals surface area (Å²) in [5.74, 6) is -2.98. The van der Waals surface area contributed by atoms with Crippen molar-refractivity contribution in [3.8, 4) is 0 Å². The topological polar surface area (TPSA) is 168 Å². The number of carboxylic acid groups (broad SMARTS) is 1. The van der Waals surface area contributed by atoms with Crippen LogP contribution in [0, 0.1) is 0 Å². The third kappa shape index (κ3) is 7.62. The van der Waals surface area contributed by atoms with Crippen LogP contribution in [0.1, 0.15) is 18.4 Å². The second-order valence-corrected chi connectivity index (χ2v) is 5.34. The van der Waals surface area contributed by atoms with E-state index in [4.69, 9.17) is 15.6 Å². The van der Waals surface area contributed by atoms with Crippen molar-refractivity contribution in [1.29, 1.82) is 0 Å². The van der Waals surface area contributed by atoms with Gasteiger partial charge in [0.2, 0.25) is 11.8 Å². The number of aliphatic hydroxyl groups excluding tert-OH is 1. The van der Waals surface area contributed by atoms with Crippen molar-refractivity contribution >= 4 is 23.9 Å². The monoisotopic (exact) mass is 367 g/mol. The van der Waals surface area contributed by atoms with Crippen LogP contribution in [0.5, 0.6) is 0 Å². The number of carboxylic acids is 1. The van der Waals surface area contributed by atoms with Crippen LogP contribution >= 0.6 is 0 Å². The zero-order chi connectivity index (χ0) is 19.5. The van der Waals surface area contributed by atoms with Crippen molar-refractivity contribution in [1.82, 2.24) is 10.6 Å². The Morgan fingerprint density at radius 1 is 1.08 bits per heavy atom. The molecule has 1 aromatic rings. The highest BCUT2D eigenvalue weighted by atomic mass is 16.5. The summed E-state index contributed by atoms with van der Waals surface area (Å²) >= 11 is 0. The number of ether oxygens (including phenoxy) is 1. The van der Waals surface area contributed by atoms with Crippen molar-refractivity contribution in [3.63, 3.8) is 0 Å². The molecule has 1 rings (SSSR count). The number of nitrogens with two attached hydrogens (primary N) is 1. The summed E-state index contributed by atoms with van der Waals surface area (Å²) in [5.41, 5.74) is 5.84. The number of hydrogen-bond donors (Lipinski definition) is 5. The van der Waals surface area contributed by atoms with E-state index in [0.717, 1.165) is 5.56 Å². The fourth-order valence-corrected chi connectivity index (χ4v) is 1.93. The zero-order valence-electron chi connectivity index (χ0n) is 13.9. The molecule has 0 fully saturated rings. The van der Waals surface area contributed by atoms with E-state index in [9.17, 15) is 24.3 Å². The molecule has 26 heavy (non-hydrogen) atoms. The van der Waals surface area contributed by atoms with Crippen LogP contribution in [0.25, 0.3) is 0 Å². The lowest BCUT2D eigenvalue weighted by atomic mass is 10.1. The van der Waals surface area contributed by atoms with Crippen molar-refractivity contribution in [2.24, 2.45) is 5.73 Å². The van der Waals surface area contributed by atoms with E-state index in [-0.39, 0.29) is 19.4 Å². The summed E-state index contributed by atoms with van der Waals surface area (Å²) in [4.78, 5) is 45.6. The number of carbonyl (C=O) groups excluding carboxylic acids is 3. The van der Waals surface area contributed by atoms with Crippen LogP contribution in [0.15, 0.2) is 30.3 Å². The number of nitrogens with one attached hydrogen (secondary N) is 2. The summed E-state index contributed by atoms with van der Waals surface area (Å²) in [6.07, 6.45) is -1.54. The number of alkyl carbamates (subject to hydrolysis) is 1.